The molecule has 0 saturated carbocycles. The van der Waals surface area contributed by atoms with Crippen molar-refractivity contribution in [2.24, 2.45) is 5.41 Å². The number of aliphatic carboxylic acids is 1. The second kappa shape index (κ2) is 5.75. The predicted octanol–water partition coefficient (Wildman–Crippen LogP) is 2.65. The van der Waals surface area contributed by atoms with E-state index in [1.807, 2.05) is 19.9 Å². The molecular formula is C15H15N3O3. The first kappa shape index (κ1) is 14.7. The van der Waals surface area contributed by atoms with E-state index in [1.54, 1.807) is 24.3 Å². The molecular weight excluding hydrogens is 270 g/mol. The minimum atomic E-state index is -0.860. The number of carboxylic acids is 1. The summed E-state index contributed by atoms with van der Waals surface area (Å²) < 4.78 is 5.56. The Morgan fingerprint density at radius 1 is 1.43 bits per heavy atom. The Hall–Kier alpha value is -2.68. The molecule has 0 bridgehead atoms. The van der Waals surface area contributed by atoms with Crippen molar-refractivity contribution in [1.82, 2.24) is 10.2 Å². The summed E-state index contributed by atoms with van der Waals surface area (Å²) in [5.41, 5.74) is 0.715. The van der Waals surface area contributed by atoms with E-state index in [0.717, 1.165) is 0 Å². The topological polar surface area (TPSA) is 100 Å². The van der Waals surface area contributed by atoms with Gasteiger partial charge in [0, 0.05) is 12.0 Å². The molecule has 0 saturated heterocycles. The highest BCUT2D eigenvalue weighted by atomic mass is 16.4. The van der Waals surface area contributed by atoms with Crippen molar-refractivity contribution >= 4 is 5.97 Å². The molecule has 108 valence electrons. The molecule has 1 aromatic carbocycles. The third kappa shape index (κ3) is 3.89. The van der Waals surface area contributed by atoms with Crippen LogP contribution < -0.4 is 0 Å². The molecule has 2 aromatic rings. The number of carbonyl (C=O) groups is 1. The Labute approximate surface area is 122 Å². The van der Waals surface area contributed by atoms with Crippen molar-refractivity contribution in [1.29, 1.82) is 5.26 Å². The predicted molar refractivity (Wildman–Crippen MR) is 74.2 cm³/mol. The first-order valence-electron chi connectivity index (χ1n) is 6.44. The number of hydrogen-bond acceptors (Lipinski definition) is 5. The van der Waals surface area contributed by atoms with Crippen LogP contribution in [0, 0.1) is 16.7 Å². The number of nitriles is 1. The highest BCUT2D eigenvalue weighted by Crippen LogP contribution is 2.27. The van der Waals surface area contributed by atoms with Gasteiger partial charge in [0.2, 0.25) is 11.8 Å². The molecule has 0 amide bonds. The summed E-state index contributed by atoms with van der Waals surface area (Å²) >= 11 is 0. The molecule has 0 aliphatic rings. The van der Waals surface area contributed by atoms with Crippen LogP contribution in [0.25, 0.3) is 11.5 Å². The summed E-state index contributed by atoms with van der Waals surface area (Å²) in [5, 5.41) is 25.6. The molecule has 21 heavy (non-hydrogen) atoms. The fraction of sp³-hybridized carbons (Fsp3) is 0.333. The summed E-state index contributed by atoms with van der Waals surface area (Å²) in [4.78, 5) is 10.8. The van der Waals surface area contributed by atoms with Crippen LogP contribution >= 0.6 is 0 Å². The van der Waals surface area contributed by atoms with E-state index in [-0.39, 0.29) is 6.42 Å². The Kier molecular flexibility index (Phi) is 4.03. The van der Waals surface area contributed by atoms with E-state index >= 15 is 0 Å². The van der Waals surface area contributed by atoms with Crippen molar-refractivity contribution in [2.75, 3.05) is 0 Å². The minimum Gasteiger partial charge on any atom is -0.481 e. The van der Waals surface area contributed by atoms with Crippen molar-refractivity contribution in [3.63, 3.8) is 0 Å². The zero-order chi connectivity index (χ0) is 15.5. The second-order valence-corrected chi connectivity index (χ2v) is 5.61. The van der Waals surface area contributed by atoms with E-state index in [9.17, 15) is 4.79 Å². The van der Waals surface area contributed by atoms with E-state index in [0.29, 0.717) is 29.3 Å². The van der Waals surface area contributed by atoms with Crippen LogP contribution in [0.3, 0.4) is 0 Å². The fourth-order valence-electron chi connectivity index (χ4n) is 2.04. The number of aromatic nitrogens is 2. The van der Waals surface area contributed by atoms with Gasteiger partial charge in [-0.05, 0) is 23.6 Å². The average molecular weight is 285 g/mol. The molecule has 0 spiro atoms. The zero-order valence-corrected chi connectivity index (χ0v) is 11.8. The number of benzene rings is 1. The summed E-state index contributed by atoms with van der Waals surface area (Å²) in [7, 11) is 0. The molecule has 6 heteroatoms. The maximum absolute atomic E-state index is 10.8. The lowest BCUT2D eigenvalue weighted by atomic mass is 9.86. The number of carboxylic acid groups (broad SMARTS) is 1. The third-order valence-corrected chi connectivity index (χ3v) is 2.97. The fourth-order valence-corrected chi connectivity index (χ4v) is 2.04. The Morgan fingerprint density at radius 2 is 2.19 bits per heavy atom. The largest absolute Gasteiger partial charge is 0.481 e. The van der Waals surface area contributed by atoms with E-state index in [4.69, 9.17) is 14.8 Å². The van der Waals surface area contributed by atoms with Crippen LogP contribution in [-0.4, -0.2) is 21.3 Å². The van der Waals surface area contributed by atoms with Gasteiger partial charge in [-0.25, -0.2) is 0 Å². The van der Waals surface area contributed by atoms with Gasteiger partial charge in [-0.3, -0.25) is 4.79 Å². The average Bonchev–Trinajstić information content (AvgIpc) is 2.85. The van der Waals surface area contributed by atoms with Crippen molar-refractivity contribution in [2.45, 2.75) is 26.7 Å². The molecule has 1 aromatic heterocycles. The molecule has 0 aliphatic heterocycles. The molecule has 0 fully saturated rings. The first-order chi connectivity index (χ1) is 9.89. The maximum atomic E-state index is 10.8. The molecule has 0 unspecified atom stereocenters. The summed E-state index contributed by atoms with van der Waals surface area (Å²) in [6.07, 6.45) is 0.402. The maximum Gasteiger partial charge on any atom is 0.303 e. The van der Waals surface area contributed by atoms with Crippen molar-refractivity contribution in [3.05, 3.63) is 35.7 Å². The summed E-state index contributed by atoms with van der Waals surface area (Å²) in [6.45, 7) is 3.67. The van der Waals surface area contributed by atoms with Crippen LogP contribution in [0.1, 0.15) is 31.7 Å². The molecule has 0 radical (unpaired) electrons. The molecule has 1 heterocycles. The lowest BCUT2D eigenvalue weighted by Crippen LogP contribution is -2.19. The normalized spacial score (nSPS) is 11.1. The highest BCUT2D eigenvalue weighted by molar-refractivity contribution is 5.67. The Balaban J connectivity index is 2.18. The SMILES string of the molecule is CC(C)(CC(=O)O)Cc1nnc(-c2cccc(C#N)c2)o1. The monoisotopic (exact) mass is 285 g/mol. The van der Waals surface area contributed by atoms with Gasteiger partial charge < -0.3 is 9.52 Å². The smallest absolute Gasteiger partial charge is 0.303 e. The number of nitrogens with zero attached hydrogens (tertiary/aromatic N) is 3. The summed E-state index contributed by atoms with van der Waals surface area (Å²) in [5.74, 6) is -0.145. The molecule has 0 atom stereocenters. The second-order valence-electron chi connectivity index (χ2n) is 5.61. The van der Waals surface area contributed by atoms with Gasteiger partial charge in [-0.1, -0.05) is 19.9 Å². The van der Waals surface area contributed by atoms with Gasteiger partial charge in [0.25, 0.3) is 0 Å². The zero-order valence-electron chi connectivity index (χ0n) is 11.8. The quantitative estimate of drug-likeness (QED) is 0.906. The molecule has 1 N–H and O–H groups in total. The van der Waals surface area contributed by atoms with Crippen LogP contribution in [0.15, 0.2) is 28.7 Å². The van der Waals surface area contributed by atoms with Crippen molar-refractivity contribution < 1.29 is 14.3 Å². The van der Waals surface area contributed by atoms with Gasteiger partial charge in [0.1, 0.15) is 0 Å². The van der Waals surface area contributed by atoms with Crippen LogP contribution in [0.5, 0.6) is 0 Å². The van der Waals surface area contributed by atoms with Crippen LogP contribution in [0.4, 0.5) is 0 Å². The standard InChI is InChI=1S/C15H15N3O3/c1-15(2,8-13(19)20)7-12-17-18-14(21-12)11-5-3-4-10(6-11)9-16/h3-6H,7-8H2,1-2H3,(H,19,20). The van der Waals surface area contributed by atoms with Gasteiger partial charge >= 0.3 is 5.97 Å². The van der Waals surface area contributed by atoms with Crippen LogP contribution in [0.2, 0.25) is 0 Å². The minimum absolute atomic E-state index is 0.0225. The van der Waals surface area contributed by atoms with Gasteiger partial charge in [0.15, 0.2) is 0 Å². The third-order valence-electron chi connectivity index (χ3n) is 2.97. The Bertz CT molecular complexity index is 698. The number of hydrogen-bond donors (Lipinski definition) is 1. The van der Waals surface area contributed by atoms with Gasteiger partial charge in [-0.15, -0.1) is 10.2 Å². The Morgan fingerprint density at radius 3 is 2.86 bits per heavy atom. The van der Waals surface area contributed by atoms with Crippen LogP contribution in [-0.2, 0) is 11.2 Å². The molecule has 2 rings (SSSR count). The first-order valence-corrected chi connectivity index (χ1v) is 6.44. The highest BCUT2D eigenvalue weighted by Gasteiger charge is 2.25. The summed E-state index contributed by atoms with van der Waals surface area (Å²) in [6, 6.07) is 8.93. The van der Waals surface area contributed by atoms with Crippen molar-refractivity contribution in [3.8, 4) is 17.5 Å². The lowest BCUT2D eigenvalue weighted by Gasteiger charge is -2.19. The number of rotatable bonds is 5. The lowest BCUT2D eigenvalue weighted by molar-refractivity contribution is -0.139. The van der Waals surface area contributed by atoms with E-state index in [1.165, 1.54) is 0 Å². The molecule has 0 aliphatic carbocycles. The van der Waals surface area contributed by atoms with Gasteiger partial charge in [0.05, 0.1) is 18.1 Å². The molecule has 6 nitrogen and oxygen atoms in total. The van der Waals surface area contributed by atoms with E-state index < -0.39 is 11.4 Å². The van der Waals surface area contributed by atoms with Gasteiger partial charge in [-0.2, -0.15) is 5.26 Å². The van der Waals surface area contributed by atoms with E-state index in [2.05, 4.69) is 10.2 Å².